The zero-order valence-electron chi connectivity index (χ0n) is 10.4. The molecule has 0 spiro atoms. The highest BCUT2D eigenvalue weighted by atomic mass is 32.1. The number of nitrogens with zero attached hydrogens (tertiary/aromatic N) is 1. The van der Waals surface area contributed by atoms with Crippen molar-refractivity contribution < 1.29 is 8.78 Å². The number of hydrogen-bond acceptors (Lipinski definition) is 3. The average molecular weight is 268 g/mol. The molecule has 0 radical (unpaired) electrons. The lowest BCUT2D eigenvalue weighted by molar-refractivity contribution is 0.434. The molecule has 2 nitrogen and oxygen atoms in total. The first-order valence-electron chi connectivity index (χ1n) is 5.54. The lowest BCUT2D eigenvalue weighted by Crippen LogP contribution is -2.33. The lowest BCUT2D eigenvalue weighted by atomic mass is 10.0. The van der Waals surface area contributed by atoms with Crippen molar-refractivity contribution in [3.63, 3.8) is 0 Å². The van der Waals surface area contributed by atoms with Gasteiger partial charge in [0.2, 0.25) is 0 Å². The van der Waals surface area contributed by atoms with Crippen LogP contribution in [0.5, 0.6) is 0 Å². The Balaban J connectivity index is 2.44. The monoisotopic (exact) mass is 268 g/mol. The molecule has 0 bridgehead atoms. The highest BCUT2D eigenvalue weighted by Crippen LogP contribution is 2.30. The summed E-state index contributed by atoms with van der Waals surface area (Å²) in [7, 11) is 1.84. The molecule has 5 heteroatoms. The Labute approximate surface area is 109 Å². The fraction of sp³-hybridized carbons (Fsp3) is 0.308. The van der Waals surface area contributed by atoms with Crippen molar-refractivity contribution in [2.45, 2.75) is 19.4 Å². The highest BCUT2D eigenvalue weighted by Gasteiger charge is 2.22. The van der Waals surface area contributed by atoms with E-state index >= 15 is 0 Å². The summed E-state index contributed by atoms with van der Waals surface area (Å²) in [6.45, 7) is 3.96. The quantitative estimate of drug-likeness (QED) is 0.921. The number of nitrogens with one attached hydrogen (secondary N) is 1. The van der Waals surface area contributed by atoms with Gasteiger partial charge in [-0.25, -0.2) is 13.8 Å². The van der Waals surface area contributed by atoms with Crippen LogP contribution in [0.25, 0.3) is 10.6 Å². The summed E-state index contributed by atoms with van der Waals surface area (Å²) in [4.78, 5) is 4.37. The molecule has 96 valence electrons. The third-order valence-corrected chi connectivity index (χ3v) is 3.80. The number of aromatic nitrogens is 1. The van der Waals surface area contributed by atoms with E-state index in [4.69, 9.17) is 0 Å². The molecule has 1 aromatic carbocycles. The summed E-state index contributed by atoms with van der Waals surface area (Å²) in [5.74, 6) is -0.921. The minimum atomic E-state index is -0.462. The van der Waals surface area contributed by atoms with E-state index in [1.807, 2.05) is 26.3 Å². The van der Waals surface area contributed by atoms with Crippen LogP contribution in [0.4, 0.5) is 8.78 Å². The van der Waals surface area contributed by atoms with Gasteiger partial charge < -0.3 is 5.32 Å². The van der Waals surface area contributed by atoms with Gasteiger partial charge in [0.05, 0.1) is 11.2 Å². The van der Waals surface area contributed by atoms with Gasteiger partial charge in [0.25, 0.3) is 0 Å². The molecule has 0 saturated carbocycles. The molecule has 1 N–H and O–H groups in total. The van der Waals surface area contributed by atoms with Crippen LogP contribution in [0, 0.1) is 11.6 Å². The van der Waals surface area contributed by atoms with Gasteiger partial charge in [-0.05, 0) is 39.1 Å². The molecular weight excluding hydrogens is 254 g/mol. The summed E-state index contributed by atoms with van der Waals surface area (Å²) < 4.78 is 26.8. The van der Waals surface area contributed by atoms with Crippen molar-refractivity contribution in [3.05, 3.63) is 40.9 Å². The summed E-state index contributed by atoms with van der Waals surface area (Å²) in [5, 5.41) is 5.47. The maximum absolute atomic E-state index is 13.6. The molecule has 18 heavy (non-hydrogen) atoms. The number of halogens is 2. The Morgan fingerprint density at radius 3 is 2.67 bits per heavy atom. The van der Waals surface area contributed by atoms with Gasteiger partial charge in [0, 0.05) is 10.9 Å². The lowest BCUT2D eigenvalue weighted by Gasteiger charge is -2.21. The standard InChI is InChI=1S/C13H14F2N2S/c1-13(2,16-3)11-7-18-12(17-11)9-6-8(14)4-5-10(9)15/h4-7,16H,1-3H3. The summed E-state index contributed by atoms with van der Waals surface area (Å²) in [6, 6.07) is 3.39. The topological polar surface area (TPSA) is 24.9 Å². The number of thiazole rings is 1. The average Bonchev–Trinajstić information content (AvgIpc) is 2.82. The van der Waals surface area contributed by atoms with Crippen LogP contribution in [0.15, 0.2) is 23.6 Å². The highest BCUT2D eigenvalue weighted by molar-refractivity contribution is 7.13. The number of hydrogen-bond donors (Lipinski definition) is 1. The van der Waals surface area contributed by atoms with Crippen LogP contribution >= 0.6 is 11.3 Å². The van der Waals surface area contributed by atoms with E-state index in [1.165, 1.54) is 17.4 Å². The zero-order chi connectivity index (χ0) is 13.3. The van der Waals surface area contributed by atoms with Gasteiger partial charge in [-0.2, -0.15) is 0 Å². The van der Waals surface area contributed by atoms with E-state index in [9.17, 15) is 8.78 Å². The van der Waals surface area contributed by atoms with Crippen LogP contribution in [0.1, 0.15) is 19.5 Å². The van der Waals surface area contributed by atoms with Crippen molar-refractivity contribution in [2.24, 2.45) is 0 Å². The van der Waals surface area contributed by atoms with E-state index in [1.54, 1.807) is 0 Å². The maximum Gasteiger partial charge on any atom is 0.133 e. The van der Waals surface area contributed by atoms with Gasteiger partial charge in [-0.1, -0.05) is 0 Å². The summed E-state index contributed by atoms with van der Waals surface area (Å²) in [6.07, 6.45) is 0. The third-order valence-electron chi connectivity index (χ3n) is 2.93. The first kappa shape index (κ1) is 13.1. The van der Waals surface area contributed by atoms with E-state index in [0.29, 0.717) is 5.01 Å². The molecule has 0 amide bonds. The van der Waals surface area contributed by atoms with Crippen molar-refractivity contribution >= 4 is 11.3 Å². The van der Waals surface area contributed by atoms with Crippen LogP contribution < -0.4 is 5.32 Å². The fourth-order valence-corrected chi connectivity index (χ4v) is 2.48. The normalized spacial score (nSPS) is 11.8. The zero-order valence-corrected chi connectivity index (χ0v) is 11.2. The first-order valence-corrected chi connectivity index (χ1v) is 6.42. The molecule has 0 aliphatic heterocycles. The molecule has 1 heterocycles. The Morgan fingerprint density at radius 1 is 1.28 bits per heavy atom. The summed E-state index contributed by atoms with van der Waals surface area (Å²) in [5.41, 5.74) is 0.727. The smallest absolute Gasteiger partial charge is 0.133 e. The predicted molar refractivity (Wildman–Crippen MR) is 69.6 cm³/mol. The van der Waals surface area contributed by atoms with Crippen LogP contribution in [0.3, 0.4) is 0 Å². The van der Waals surface area contributed by atoms with Gasteiger partial charge in [-0.15, -0.1) is 11.3 Å². The van der Waals surface area contributed by atoms with Gasteiger partial charge >= 0.3 is 0 Å². The fourth-order valence-electron chi connectivity index (χ4n) is 1.47. The molecule has 0 fully saturated rings. The Morgan fingerprint density at radius 2 is 2.00 bits per heavy atom. The first-order chi connectivity index (χ1) is 8.44. The molecule has 2 aromatic rings. The Kier molecular flexibility index (Phi) is 3.45. The largest absolute Gasteiger partial charge is 0.310 e. The summed E-state index contributed by atoms with van der Waals surface area (Å²) >= 11 is 1.31. The molecule has 0 atom stereocenters. The number of rotatable bonds is 3. The molecule has 0 aliphatic carbocycles. The van der Waals surface area contributed by atoms with Crippen molar-refractivity contribution in [3.8, 4) is 10.6 Å². The number of benzene rings is 1. The van der Waals surface area contributed by atoms with E-state index in [-0.39, 0.29) is 11.1 Å². The second-order valence-corrected chi connectivity index (χ2v) is 5.40. The maximum atomic E-state index is 13.6. The minimum absolute atomic E-state index is 0.207. The molecular formula is C13H14F2N2S. The third kappa shape index (κ3) is 2.42. The van der Waals surface area contributed by atoms with Crippen molar-refractivity contribution in [1.29, 1.82) is 0 Å². The van der Waals surface area contributed by atoms with E-state index < -0.39 is 11.6 Å². The van der Waals surface area contributed by atoms with Gasteiger partial charge in [0.1, 0.15) is 16.6 Å². The van der Waals surface area contributed by atoms with Crippen LogP contribution in [0.2, 0.25) is 0 Å². The molecule has 0 aliphatic rings. The minimum Gasteiger partial charge on any atom is -0.310 e. The second-order valence-electron chi connectivity index (χ2n) is 4.54. The Bertz CT molecular complexity index is 564. The predicted octanol–water partition coefficient (Wildman–Crippen LogP) is 3.54. The van der Waals surface area contributed by atoms with Gasteiger partial charge in [-0.3, -0.25) is 0 Å². The van der Waals surface area contributed by atoms with Crippen LogP contribution in [-0.4, -0.2) is 12.0 Å². The molecule has 1 aromatic heterocycles. The molecule has 0 unspecified atom stereocenters. The van der Waals surface area contributed by atoms with Crippen molar-refractivity contribution in [2.75, 3.05) is 7.05 Å². The second kappa shape index (κ2) is 4.74. The SMILES string of the molecule is CNC(C)(C)c1csc(-c2cc(F)ccc2F)n1. The molecule has 0 saturated heterocycles. The van der Waals surface area contributed by atoms with Gasteiger partial charge in [0.15, 0.2) is 0 Å². The Hall–Kier alpha value is -1.33. The van der Waals surface area contributed by atoms with E-state index in [2.05, 4.69) is 10.3 Å². The van der Waals surface area contributed by atoms with Crippen LogP contribution in [-0.2, 0) is 5.54 Å². The van der Waals surface area contributed by atoms with Crippen molar-refractivity contribution in [1.82, 2.24) is 10.3 Å². The van der Waals surface area contributed by atoms with E-state index in [0.717, 1.165) is 17.8 Å². The molecule has 2 rings (SSSR count).